The van der Waals surface area contributed by atoms with Gasteiger partial charge in [-0.3, -0.25) is 9.89 Å². The Morgan fingerprint density at radius 1 is 1.08 bits per heavy atom. The first kappa shape index (κ1) is 15.7. The zero-order chi connectivity index (χ0) is 17.5. The summed E-state index contributed by atoms with van der Waals surface area (Å²) in [6, 6.07) is 13.2. The first-order chi connectivity index (χ1) is 12.8. The van der Waals surface area contributed by atoms with Gasteiger partial charge in [0.1, 0.15) is 0 Å². The molecule has 3 heteroatoms. The predicted octanol–water partition coefficient (Wildman–Crippen LogP) is 4.38. The van der Waals surface area contributed by atoms with E-state index in [0.29, 0.717) is 6.54 Å². The number of benzene rings is 2. The third kappa shape index (κ3) is 2.73. The number of rotatable bonds is 4. The Balaban J connectivity index is 1.49. The Hall–Kier alpha value is -2.52. The molecule has 0 atom stereocenters. The molecule has 0 unspecified atom stereocenters. The first-order valence-electron chi connectivity index (χ1n) is 9.49. The van der Waals surface area contributed by atoms with E-state index in [2.05, 4.69) is 66.4 Å². The van der Waals surface area contributed by atoms with Gasteiger partial charge in [-0.1, -0.05) is 61.5 Å². The lowest BCUT2D eigenvalue weighted by Gasteiger charge is -2.37. The van der Waals surface area contributed by atoms with Gasteiger partial charge in [0.2, 0.25) is 0 Å². The predicted molar refractivity (Wildman–Crippen MR) is 109 cm³/mol. The number of nitrogens with zero attached hydrogens (tertiary/aromatic N) is 3. The van der Waals surface area contributed by atoms with Crippen LogP contribution in [0.3, 0.4) is 0 Å². The van der Waals surface area contributed by atoms with Crippen molar-refractivity contribution in [2.45, 2.75) is 19.9 Å². The second-order valence-electron chi connectivity index (χ2n) is 7.64. The number of hydrogen-bond acceptors (Lipinski definition) is 3. The Morgan fingerprint density at radius 2 is 1.92 bits per heavy atom. The van der Waals surface area contributed by atoms with Crippen LogP contribution in [0.5, 0.6) is 0 Å². The quantitative estimate of drug-likeness (QED) is 0.811. The van der Waals surface area contributed by atoms with Crippen molar-refractivity contribution in [3.05, 3.63) is 71.3 Å². The molecule has 3 nitrogen and oxygen atoms in total. The van der Waals surface area contributed by atoms with E-state index in [1.807, 2.05) is 0 Å². The number of allylic oxidation sites excluding steroid dienone is 3. The molecule has 3 aliphatic rings. The van der Waals surface area contributed by atoms with Crippen LogP contribution in [0.1, 0.15) is 24.5 Å². The smallest absolute Gasteiger partial charge is 0.155 e. The monoisotopic (exact) mass is 341 g/mol. The first-order valence-corrected chi connectivity index (χ1v) is 9.49. The fraction of sp³-hybridized carbons (Fsp3) is 0.304. The lowest BCUT2D eigenvalue weighted by Crippen LogP contribution is -2.44. The molecule has 2 heterocycles. The molecule has 130 valence electrons. The summed E-state index contributed by atoms with van der Waals surface area (Å²) >= 11 is 0. The summed E-state index contributed by atoms with van der Waals surface area (Å²) in [7, 11) is 0. The fourth-order valence-corrected chi connectivity index (χ4v) is 4.22. The van der Waals surface area contributed by atoms with Gasteiger partial charge >= 0.3 is 0 Å². The van der Waals surface area contributed by atoms with E-state index in [4.69, 9.17) is 9.98 Å². The molecule has 0 saturated carbocycles. The van der Waals surface area contributed by atoms with Gasteiger partial charge in [-0.25, -0.2) is 4.99 Å². The molecule has 0 radical (unpaired) electrons. The summed E-state index contributed by atoms with van der Waals surface area (Å²) in [6.45, 7) is 6.47. The minimum atomic E-state index is 0.699. The molecule has 2 aromatic rings. The number of amidine groups is 1. The van der Waals surface area contributed by atoms with Gasteiger partial charge in [0.25, 0.3) is 0 Å². The largest absolute Gasteiger partial charge is 0.298 e. The highest BCUT2D eigenvalue weighted by Gasteiger charge is 2.23. The minimum absolute atomic E-state index is 0.699. The van der Waals surface area contributed by atoms with E-state index >= 15 is 0 Å². The van der Waals surface area contributed by atoms with E-state index in [9.17, 15) is 0 Å². The van der Waals surface area contributed by atoms with Crippen molar-refractivity contribution in [2.24, 2.45) is 15.9 Å². The van der Waals surface area contributed by atoms with E-state index in [1.165, 1.54) is 35.0 Å². The zero-order valence-electron chi connectivity index (χ0n) is 15.2. The standard InChI is InChI=1S/C23H23N3/c1-16-13-26(14-16)15-18-10-11-21(20-9-5-4-8-19(18)20)23-24-12-22(25-23)17-6-2-3-7-17/h2-6,8-11,16H,7,12-15H2,1H3. The molecule has 5 rings (SSSR count). The number of hydrogen-bond donors (Lipinski definition) is 0. The van der Waals surface area contributed by atoms with Crippen molar-refractivity contribution in [1.29, 1.82) is 0 Å². The van der Waals surface area contributed by atoms with Crippen LogP contribution in [-0.2, 0) is 6.54 Å². The van der Waals surface area contributed by atoms with Gasteiger partial charge in [-0.15, -0.1) is 0 Å². The van der Waals surface area contributed by atoms with Gasteiger partial charge in [-0.05, 0) is 34.2 Å². The van der Waals surface area contributed by atoms with Crippen molar-refractivity contribution < 1.29 is 0 Å². The molecule has 1 aliphatic carbocycles. The Labute approximate surface area is 154 Å². The van der Waals surface area contributed by atoms with Crippen LogP contribution >= 0.6 is 0 Å². The van der Waals surface area contributed by atoms with Crippen LogP contribution in [0.15, 0.2) is 70.2 Å². The van der Waals surface area contributed by atoms with Crippen molar-refractivity contribution in [3.8, 4) is 0 Å². The summed E-state index contributed by atoms with van der Waals surface area (Å²) in [6.07, 6.45) is 7.43. The number of aliphatic imine (C=N–C) groups is 2. The van der Waals surface area contributed by atoms with Gasteiger partial charge in [0.15, 0.2) is 5.84 Å². The van der Waals surface area contributed by atoms with E-state index in [-0.39, 0.29) is 0 Å². The van der Waals surface area contributed by atoms with E-state index < -0.39 is 0 Å². The molecular weight excluding hydrogens is 318 g/mol. The highest BCUT2D eigenvalue weighted by atomic mass is 15.2. The Bertz CT molecular complexity index is 988. The molecule has 0 amide bonds. The maximum absolute atomic E-state index is 4.87. The van der Waals surface area contributed by atoms with Crippen molar-refractivity contribution in [3.63, 3.8) is 0 Å². The van der Waals surface area contributed by atoms with Crippen LogP contribution < -0.4 is 0 Å². The topological polar surface area (TPSA) is 28.0 Å². The molecule has 0 spiro atoms. The molecule has 1 saturated heterocycles. The second-order valence-corrected chi connectivity index (χ2v) is 7.64. The highest BCUT2D eigenvalue weighted by Crippen LogP contribution is 2.28. The molecule has 26 heavy (non-hydrogen) atoms. The third-order valence-corrected chi connectivity index (χ3v) is 5.55. The van der Waals surface area contributed by atoms with Crippen LogP contribution in [0.25, 0.3) is 10.8 Å². The fourth-order valence-electron chi connectivity index (χ4n) is 4.22. The zero-order valence-corrected chi connectivity index (χ0v) is 15.2. The molecule has 0 bridgehead atoms. The summed E-state index contributed by atoms with van der Waals surface area (Å²) in [5.41, 5.74) is 4.98. The van der Waals surface area contributed by atoms with Crippen molar-refractivity contribution >= 4 is 22.3 Å². The maximum atomic E-state index is 4.87. The molecule has 0 aromatic heterocycles. The normalized spacial score (nSPS) is 20.3. The Morgan fingerprint density at radius 3 is 2.69 bits per heavy atom. The molecular formula is C23H23N3. The summed E-state index contributed by atoms with van der Waals surface area (Å²) in [4.78, 5) is 12.1. The van der Waals surface area contributed by atoms with Crippen LogP contribution in [0, 0.1) is 5.92 Å². The van der Waals surface area contributed by atoms with Crippen molar-refractivity contribution in [1.82, 2.24) is 4.90 Å². The molecule has 1 fully saturated rings. The summed E-state index contributed by atoms with van der Waals surface area (Å²) < 4.78 is 0. The van der Waals surface area contributed by atoms with E-state index in [1.54, 1.807) is 0 Å². The number of fused-ring (bicyclic) bond motifs is 1. The molecule has 2 aromatic carbocycles. The van der Waals surface area contributed by atoms with Gasteiger partial charge in [0, 0.05) is 25.2 Å². The maximum Gasteiger partial charge on any atom is 0.155 e. The molecule has 0 N–H and O–H groups in total. The van der Waals surface area contributed by atoms with Crippen molar-refractivity contribution in [2.75, 3.05) is 19.6 Å². The van der Waals surface area contributed by atoms with Gasteiger partial charge < -0.3 is 0 Å². The number of likely N-dealkylation sites (tertiary alicyclic amines) is 1. The Kier molecular flexibility index (Phi) is 3.83. The van der Waals surface area contributed by atoms with Crippen LogP contribution in [-0.4, -0.2) is 36.1 Å². The SMILES string of the molecule is CC1CN(Cc2ccc(C3=NCC(C4=CC=CC4)=N3)c3ccccc23)C1. The summed E-state index contributed by atoms with van der Waals surface area (Å²) in [5.74, 6) is 1.72. The van der Waals surface area contributed by atoms with Gasteiger partial charge in [-0.2, -0.15) is 0 Å². The third-order valence-electron chi connectivity index (χ3n) is 5.55. The van der Waals surface area contributed by atoms with Crippen LogP contribution in [0.4, 0.5) is 0 Å². The molecule has 2 aliphatic heterocycles. The lowest BCUT2D eigenvalue weighted by molar-refractivity contribution is 0.105. The highest BCUT2D eigenvalue weighted by molar-refractivity contribution is 6.21. The average Bonchev–Trinajstić information content (AvgIpc) is 3.32. The lowest BCUT2D eigenvalue weighted by atomic mass is 9.96. The second kappa shape index (κ2) is 6.33. The summed E-state index contributed by atoms with van der Waals surface area (Å²) in [5, 5.41) is 2.60. The van der Waals surface area contributed by atoms with Crippen LogP contribution in [0.2, 0.25) is 0 Å². The van der Waals surface area contributed by atoms with E-state index in [0.717, 1.165) is 36.0 Å². The van der Waals surface area contributed by atoms with Gasteiger partial charge in [0.05, 0.1) is 12.3 Å². The average molecular weight is 341 g/mol. The minimum Gasteiger partial charge on any atom is -0.298 e.